The van der Waals surface area contributed by atoms with Crippen molar-refractivity contribution in [1.29, 1.82) is 0 Å². The van der Waals surface area contributed by atoms with E-state index >= 15 is 0 Å². The molecule has 0 saturated heterocycles. The molecular formula is C13H21NO3. The van der Waals surface area contributed by atoms with Gasteiger partial charge in [-0.3, -0.25) is 4.79 Å². The molecule has 0 fully saturated rings. The first-order valence-electron chi connectivity index (χ1n) is 5.99. The van der Waals surface area contributed by atoms with Gasteiger partial charge in [0.25, 0.3) is 0 Å². The van der Waals surface area contributed by atoms with Gasteiger partial charge in [-0.2, -0.15) is 0 Å². The van der Waals surface area contributed by atoms with Crippen LogP contribution in [0.5, 0.6) is 0 Å². The summed E-state index contributed by atoms with van der Waals surface area (Å²) >= 11 is 0. The minimum atomic E-state index is -0.255. The lowest BCUT2D eigenvalue weighted by molar-refractivity contribution is -0.143. The molecule has 0 aliphatic rings. The van der Waals surface area contributed by atoms with Gasteiger partial charge in [-0.1, -0.05) is 0 Å². The Balaban J connectivity index is 2.84. The third-order valence-electron chi connectivity index (χ3n) is 2.78. The lowest BCUT2D eigenvalue weighted by Crippen LogP contribution is -2.24. The maximum Gasteiger partial charge on any atom is 0.175 e. The molecule has 0 aromatic carbocycles. The van der Waals surface area contributed by atoms with Crippen molar-refractivity contribution in [2.45, 2.75) is 40.5 Å². The van der Waals surface area contributed by atoms with Gasteiger partial charge in [-0.05, 0) is 33.8 Å². The molecule has 0 amide bonds. The van der Waals surface area contributed by atoms with Crippen LogP contribution in [-0.2, 0) is 16.0 Å². The second-order valence-electron chi connectivity index (χ2n) is 3.90. The van der Waals surface area contributed by atoms with Crippen LogP contribution < -0.4 is 0 Å². The Hall–Kier alpha value is -1.13. The van der Waals surface area contributed by atoms with Crippen molar-refractivity contribution in [2.75, 3.05) is 13.2 Å². The van der Waals surface area contributed by atoms with Gasteiger partial charge >= 0.3 is 0 Å². The first kappa shape index (κ1) is 13.9. The van der Waals surface area contributed by atoms with Gasteiger partial charge < -0.3 is 14.0 Å². The molecule has 1 heterocycles. The molecule has 0 bridgehead atoms. The maximum absolute atomic E-state index is 10.9. The lowest BCUT2D eigenvalue weighted by Gasteiger charge is -2.19. The van der Waals surface area contributed by atoms with Crippen LogP contribution in [0.4, 0.5) is 0 Å². The summed E-state index contributed by atoms with van der Waals surface area (Å²) in [6, 6.07) is 1.89. The molecular weight excluding hydrogens is 218 g/mol. The Morgan fingerprint density at radius 2 is 1.88 bits per heavy atom. The second-order valence-corrected chi connectivity index (χ2v) is 3.90. The summed E-state index contributed by atoms with van der Waals surface area (Å²) in [7, 11) is 0. The van der Waals surface area contributed by atoms with Crippen molar-refractivity contribution in [1.82, 2.24) is 4.57 Å². The van der Waals surface area contributed by atoms with Gasteiger partial charge in [0.15, 0.2) is 12.6 Å². The van der Waals surface area contributed by atoms with Gasteiger partial charge in [0.2, 0.25) is 0 Å². The van der Waals surface area contributed by atoms with Crippen molar-refractivity contribution in [3.8, 4) is 0 Å². The van der Waals surface area contributed by atoms with Crippen LogP contribution in [0.15, 0.2) is 6.07 Å². The van der Waals surface area contributed by atoms with Crippen LogP contribution in [0.2, 0.25) is 0 Å². The Morgan fingerprint density at radius 1 is 1.29 bits per heavy atom. The van der Waals surface area contributed by atoms with E-state index in [1.54, 1.807) is 0 Å². The standard InChI is InChI=1S/C13H21NO3/c1-5-16-13(17-6-2)8-14-10(3)7-12(9-15)11(14)4/h7,9,13H,5-6,8H2,1-4H3. The number of aldehydes is 1. The van der Waals surface area contributed by atoms with Crippen LogP contribution in [0.3, 0.4) is 0 Å². The minimum Gasteiger partial charge on any atom is -0.351 e. The van der Waals surface area contributed by atoms with E-state index in [9.17, 15) is 4.79 Å². The topological polar surface area (TPSA) is 40.5 Å². The molecule has 0 atom stereocenters. The summed E-state index contributed by atoms with van der Waals surface area (Å²) in [5.41, 5.74) is 2.74. The maximum atomic E-state index is 10.9. The molecule has 0 N–H and O–H groups in total. The fourth-order valence-corrected chi connectivity index (χ4v) is 1.90. The highest BCUT2D eigenvalue weighted by molar-refractivity contribution is 5.77. The predicted octanol–water partition coefficient (Wildman–Crippen LogP) is 2.32. The molecule has 0 radical (unpaired) electrons. The van der Waals surface area contributed by atoms with Crippen molar-refractivity contribution >= 4 is 6.29 Å². The number of aryl methyl sites for hydroxylation is 1. The lowest BCUT2D eigenvalue weighted by atomic mass is 10.3. The molecule has 96 valence electrons. The second kappa shape index (κ2) is 6.57. The van der Waals surface area contributed by atoms with Crippen LogP contribution in [0.1, 0.15) is 35.6 Å². The number of nitrogens with zero attached hydrogens (tertiary/aromatic N) is 1. The number of hydrogen-bond acceptors (Lipinski definition) is 3. The largest absolute Gasteiger partial charge is 0.351 e. The summed E-state index contributed by atoms with van der Waals surface area (Å²) < 4.78 is 13.1. The van der Waals surface area contributed by atoms with Crippen LogP contribution in [0, 0.1) is 13.8 Å². The third-order valence-corrected chi connectivity index (χ3v) is 2.78. The van der Waals surface area contributed by atoms with E-state index in [4.69, 9.17) is 9.47 Å². The smallest absolute Gasteiger partial charge is 0.175 e. The van der Waals surface area contributed by atoms with Crippen LogP contribution in [-0.4, -0.2) is 30.4 Å². The van der Waals surface area contributed by atoms with Gasteiger partial charge in [0.05, 0.1) is 6.54 Å². The highest BCUT2D eigenvalue weighted by Gasteiger charge is 2.14. The molecule has 0 unspecified atom stereocenters. The summed E-state index contributed by atoms with van der Waals surface area (Å²) in [6.07, 6.45) is 0.629. The number of aromatic nitrogens is 1. The first-order chi connectivity index (χ1) is 8.13. The van der Waals surface area contributed by atoms with Crippen molar-refractivity contribution in [2.24, 2.45) is 0 Å². The fraction of sp³-hybridized carbons (Fsp3) is 0.615. The van der Waals surface area contributed by atoms with Gasteiger partial charge in [-0.25, -0.2) is 0 Å². The number of rotatable bonds is 7. The molecule has 1 aromatic heterocycles. The van der Waals surface area contributed by atoms with Gasteiger partial charge in [0.1, 0.15) is 0 Å². The number of carbonyl (C=O) groups is 1. The van der Waals surface area contributed by atoms with Crippen molar-refractivity contribution in [3.05, 3.63) is 23.0 Å². The van der Waals surface area contributed by atoms with E-state index in [-0.39, 0.29) is 6.29 Å². The quantitative estimate of drug-likeness (QED) is 0.541. The van der Waals surface area contributed by atoms with Crippen LogP contribution >= 0.6 is 0 Å². The number of carbonyl (C=O) groups excluding carboxylic acids is 1. The fourth-order valence-electron chi connectivity index (χ4n) is 1.90. The normalized spacial score (nSPS) is 11.1. The zero-order chi connectivity index (χ0) is 12.8. The monoisotopic (exact) mass is 239 g/mol. The zero-order valence-electron chi connectivity index (χ0n) is 11.0. The van der Waals surface area contributed by atoms with Gasteiger partial charge in [-0.15, -0.1) is 0 Å². The summed E-state index contributed by atoms with van der Waals surface area (Å²) in [4.78, 5) is 10.9. The average Bonchev–Trinajstić information content (AvgIpc) is 2.57. The molecule has 0 spiro atoms. The average molecular weight is 239 g/mol. The van der Waals surface area contributed by atoms with Crippen molar-refractivity contribution in [3.63, 3.8) is 0 Å². The molecule has 4 heteroatoms. The number of ether oxygens (including phenoxy) is 2. The van der Waals surface area contributed by atoms with E-state index in [0.717, 1.165) is 23.2 Å². The molecule has 0 aliphatic carbocycles. The highest BCUT2D eigenvalue weighted by Crippen LogP contribution is 2.15. The van der Waals surface area contributed by atoms with Crippen molar-refractivity contribution < 1.29 is 14.3 Å². The van der Waals surface area contributed by atoms with E-state index < -0.39 is 0 Å². The molecule has 0 saturated carbocycles. The number of hydrogen-bond donors (Lipinski definition) is 0. The Bertz CT molecular complexity index is 365. The summed E-state index contributed by atoms with van der Waals surface area (Å²) in [5.74, 6) is 0. The predicted molar refractivity (Wildman–Crippen MR) is 66.3 cm³/mol. The minimum absolute atomic E-state index is 0.255. The SMILES string of the molecule is CCOC(Cn1c(C)cc(C=O)c1C)OCC. The Labute approximate surface area is 103 Å². The summed E-state index contributed by atoms with van der Waals surface area (Å²) in [5, 5.41) is 0. The Morgan fingerprint density at radius 3 is 2.29 bits per heavy atom. The molecule has 4 nitrogen and oxygen atoms in total. The van der Waals surface area contributed by atoms with E-state index in [1.165, 1.54) is 0 Å². The highest BCUT2D eigenvalue weighted by atomic mass is 16.7. The van der Waals surface area contributed by atoms with E-state index in [0.29, 0.717) is 19.8 Å². The van der Waals surface area contributed by atoms with Gasteiger partial charge in [0, 0.05) is 30.2 Å². The summed E-state index contributed by atoms with van der Waals surface area (Å²) in [6.45, 7) is 9.65. The molecule has 1 aromatic rings. The Kier molecular flexibility index (Phi) is 5.38. The van der Waals surface area contributed by atoms with E-state index in [1.807, 2.05) is 33.8 Å². The van der Waals surface area contributed by atoms with Crippen LogP contribution in [0.25, 0.3) is 0 Å². The third kappa shape index (κ3) is 3.41. The molecule has 0 aliphatic heterocycles. The zero-order valence-corrected chi connectivity index (χ0v) is 11.0. The van der Waals surface area contributed by atoms with E-state index in [2.05, 4.69) is 4.57 Å². The molecule has 17 heavy (non-hydrogen) atoms. The molecule has 1 rings (SSSR count). The first-order valence-corrected chi connectivity index (χ1v) is 5.99.